The van der Waals surface area contributed by atoms with Gasteiger partial charge in [-0.1, -0.05) is 24.3 Å². The number of ether oxygens (including phenoxy) is 5. The second-order valence-electron chi connectivity index (χ2n) is 6.58. The fourth-order valence-electron chi connectivity index (χ4n) is 2.68. The maximum atomic E-state index is 12.4. The Morgan fingerprint density at radius 2 is 1.28 bits per heavy atom. The lowest BCUT2D eigenvalue weighted by molar-refractivity contribution is 0.0387. The van der Waals surface area contributed by atoms with Gasteiger partial charge in [0.1, 0.15) is 37.1 Å². The third kappa shape index (κ3) is 7.14. The van der Waals surface area contributed by atoms with Crippen molar-refractivity contribution in [3.05, 3.63) is 90.0 Å². The highest BCUT2D eigenvalue weighted by atomic mass is 16.6. The molecule has 0 saturated heterocycles. The maximum Gasteiger partial charge on any atom is 0.343 e. The van der Waals surface area contributed by atoms with Gasteiger partial charge in [0.05, 0.1) is 17.7 Å². The van der Waals surface area contributed by atoms with Crippen molar-refractivity contribution in [1.82, 2.24) is 0 Å². The lowest BCUT2D eigenvalue weighted by Crippen LogP contribution is -2.12. The lowest BCUT2D eigenvalue weighted by atomic mass is 10.2. The summed E-state index contributed by atoms with van der Waals surface area (Å²) in [5, 5.41) is 0. The second kappa shape index (κ2) is 12.1. The van der Waals surface area contributed by atoms with Crippen molar-refractivity contribution in [2.24, 2.45) is 0 Å². The first-order valence-electron chi connectivity index (χ1n) is 10.0. The predicted molar refractivity (Wildman–Crippen MR) is 117 cm³/mol. The van der Waals surface area contributed by atoms with Gasteiger partial charge in [-0.05, 0) is 54.6 Å². The van der Waals surface area contributed by atoms with E-state index >= 15 is 0 Å². The van der Waals surface area contributed by atoms with Crippen molar-refractivity contribution in [2.45, 2.75) is 0 Å². The van der Waals surface area contributed by atoms with Crippen LogP contribution in [0, 0.1) is 0 Å². The number of para-hydroxylation sites is 1. The number of carbonyl (C=O) groups is 2. The fourth-order valence-corrected chi connectivity index (χ4v) is 2.68. The van der Waals surface area contributed by atoms with Crippen molar-refractivity contribution < 1.29 is 33.3 Å². The van der Waals surface area contributed by atoms with Gasteiger partial charge in [0.15, 0.2) is 0 Å². The van der Waals surface area contributed by atoms with Crippen molar-refractivity contribution >= 4 is 11.9 Å². The Balaban J connectivity index is 1.48. The molecule has 0 aliphatic heterocycles. The van der Waals surface area contributed by atoms with E-state index in [1.807, 2.05) is 30.3 Å². The molecule has 3 aromatic rings. The van der Waals surface area contributed by atoms with Crippen LogP contribution in [0.15, 0.2) is 78.9 Å². The highest BCUT2D eigenvalue weighted by molar-refractivity contribution is 5.92. The van der Waals surface area contributed by atoms with Gasteiger partial charge in [-0.15, -0.1) is 0 Å². The van der Waals surface area contributed by atoms with Crippen LogP contribution >= 0.6 is 0 Å². The van der Waals surface area contributed by atoms with Crippen LogP contribution < -0.4 is 14.2 Å². The van der Waals surface area contributed by atoms with Crippen LogP contribution in [0.5, 0.6) is 17.2 Å². The van der Waals surface area contributed by atoms with E-state index < -0.39 is 11.9 Å². The second-order valence-corrected chi connectivity index (χ2v) is 6.58. The topological polar surface area (TPSA) is 80.3 Å². The normalized spacial score (nSPS) is 10.3. The minimum absolute atomic E-state index is 0.145. The highest BCUT2D eigenvalue weighted by Crippen LogP contribution is 2.18. The zero-order valence-electron chi connectivity index (χ0n) is 17.7. The quantitative estimate of drug-likeness (QED) is 0.254. The molecule has 0 aliphatic rings. The third-order valence-electron chi connectivity index (χ3n) is 4.25. The van der Waals surface area contributed by atoms with Gasteiger partial charge < -0.3 is 23.7 Å². The van der Waals surface area contributed by atoms with Crippen LogP contribution in [0.2, 0.25) is 0 Å². The largest absolute Gasteiger partial charge is 0.490 e. The first-order chi connectivity index (χ1) is 15.7. The first kappa shape index (κ1) is 22.8. The standard InChI is InChI=1S/C25H24O7/c1-28-14-15-31-24(26)20-6-5-9-23(18-20)32-25(27)19-10-12-22(13-11-19)30-17-16-29-21-7-3-2-4-8-21/h2-13,18H,14-17H2,1H3. The van der Waals surface area contributed by atoms with Gasteiger partial charge in [-0.3, -0.25) is 0 Å². The summed E-state index contributed by atoms with van der Waals surface area (Å²) >= 11 is 0. The van der Waals surface area contributed by atoms with E-state index in [0.717, 1.165) is 5.75 Å². The van der Waals surface area contributed by atoms with Crippen LogP contribution in [-0.2, 0) is 9.47 Å². The Morgan fingerprint density at radius 3 is 1.97 bits per heavy atom. The Labute approximate surface area is 186 Å². The number of rotatable bonds is 11. The average Bonchev–Trinajstić information content (AvgIpc) is 2.83. The van der Waals surface area contributed by atoms with Gasteiger partial charge in [-0.2, -0.15) is 0 Å². The molecular formula is C25H24O7. The van der Waals surface area contributed by atoms with E-state index in [1.165, 1.54) is 13.2 Å². The first-order valence-corrected chi connectivity index (χ1v) is 10.0. The van der Waals surface area contributed by atoms with Gasteiger partial charge in [0, 0.05) is 7.11 Å². The summed E-state index contributed by atoms with van der Waals surface area (Å²) in [6.45, 7) is 1.22. The van der Waals surface area contributed by atoms with E-state index in [9.17, 15) is 9.59 Å². The van der Waals surface area contributed by atoms with Crippen LogP contribution in [-0.4, -0.2) is 45.5 Å². The Morgan fingerprint density at radius 1 is 0.625 bits per heavy atom. The summed E-state index contributed by atoms with van der Waals surface area (Å²) in [5.41, 5.74) is 0.638. The fraction of sp³-hybridized carbons (Fsp3) is 0.200. The van der Waals surface area contributed by atoms with E-state index in [1.54, 1.807) is 42.5 Å². The maximum absolute atomic E-state index is 12.4. The number of hydrogen-bond donors (Lipinski definition) is 0. The molecule has 0 radical (unpaired) electrons. The molecule has 0 bridgehead atoms. The average molecular weight is 436 g/mol. The van der Waals surface area contributed by atoms with Gasteiger partial charge >= 0.3 is 11.9 Å². The van der Waals surface area contributed by atoms with Gasteiger partial charge in [0.25, 0.3) is 0 Å². The molecule has 0 N–H and O–H groups in total. The minimum atomic E-state index is -0.547. The molecule has 0 unspecified atom stereocenters. The Kier molecular flexibility index (Phi) is 8.65. The smallest absolute Gasteiger partial charge is 0.343 e. The van der Waals surface area contributed by atoms with Gasteiger partial charge in [0.2, 0.25) is 0 Å². The monoisotopic (exact) mass is 436 g/mol. The summed E-state index contributed by atoms with van der Waals surface area (Å²) < 4.78 is 26.5. The van der Waals surface area contributed by atoms with E-state index in [-0.39, 0.29) is 17.9 Å². The number of benzene rings is 3. The van der Waals surface area contributed by atoms with Crippen LogP contribution in [0.25, 0.3) is 0 Å². The number of carbonyl (C=O) groups excluding carboxylic acids is 2. The molecule has 7 heteroatoms. The molecule has 0 aliphatic carbocycles. The summed E-state index contributed by atoms with van der Waals surface area (Å²) in [4.78, 5) is 24.4. The molecule has 0 atom stereocenters. The number of hydrogen-bond acceptors (Lipinski definition) is 7. The van der Waals surface area contributed by atoms with Crippen LogP contribution in [0.1, 0.15) is 20.7 Å². The van der Waals surface area contributed by atoms with E-state index in [2.05, 4.69) is 0 Å². The summed E-state index contributed by atoms with van der Waals surface area (Å²) in [6.07, 6.45) is 0. The SMILES string of the molecule is COCCOC(=O)c1cccc(OC(=O)c2ccc(OCCOc3ccccc3)cc2)c1. The molecule has 7 nitrogen and oxygen atoms in total. The molecule has 32 heavy (non-hydrogen) atoms. The van der Waals surface area contributed by atoms with Crippen molar-refractivity contribution in [2.75, 3.05) is 33.5 Å². The molecule has 0 heterocycles. The molecule has 3 aromatic carbocycles. The van der Waals surface area contributed by atoms with Gasteiger partial charge in [-0.25, -0.2) is 9.59 Å². The summed E-state index contributed by atoms with van der Waals surface area (Å²) in [5.74, 6) is 0.571. The van der Waals surface area contributed by atoms with Crippen molar-refractivity contribution in [3.8, 4) is 17.2 Å². The molecule has 0 fully saturated rings. The Bertz CT molecular complexity index is 1000. The molecule has 0 aromatic heterocycles. The van der Waals surface area contributed by atoms with Crippen LogP contribution in [0.3, 0.4) is 0 Å². The number of methoxy groups -OCH3 is 1. The molecule has 0 amide bonds. The highest BCUT2D eigenvalue weighted by Gasteiger charge is 2.12. The lowest BCUT2D eigenvalue weighted by Gasteiger charge is -2.09. The zero-order valence-corrected chi connectivity index (χ0v) is 17.7. The zero-order chi connectivity index (χ0) is 22.6. The number of esters is 2. The van der Waals surface area contributed by atoms with E-state index in [4.69, 9.17) is 23.7 Å². The van der Waals surface area contributed by atoms with Crippen molar-refractivity contribution in [3.63, 3.8) is 0 Å². The molecule has 3 rings (SSSR count). The van der Waals surface area contributed by atoms with Crippen molar-refractivity contribution in [1.29, 1.82) is 0 Å². The Hall–Kier alpha value is -3.84. The minimum Gasteiger partial charge on any atom is -0.490 e. The molecular weight excluding hydrogens is 412 g/mol. The predicted octanol–water partition coefficient (Wildman–Crippen LogP) is 4.17. The summed E-state index contributed by atoms with van der Waals surface area (Å²) in [6, 6.07) is 22.3. The molecule has 0 saturated carbocycles. The van der Waals surface area contributed by atoms with E-state index in [0.29, 0.717) is 31.1 Å². The molecule has 0 spiro atoms. The third-order valence-corrected chi connectivity index (χ3v) is 4.25. The summed E-state index contributed by atoms with van der Waals surface area (Å²) in [7, 11) is 1.52. The van der Waals surface area contributed by atoms with Crippen LogP contribution in [0.4, 0.5) is 0 Å². The molecule has 166 valence electrons.